The van der Waals surface area contributed by atoms with Gasteiger partial charge >= 0.3 is 0 Å². The summed E-state index contributed by atoms with van der Waals surface area (Å²) < 4.78 is 5.37. The van der Waals surface area contributed by atoms with Gasteiger partial charge in [-0.15, -0.1) is 0 Å². The van der Waals surface area contributed by atoms with Crippen molar-refractivity contribution in [1.29, 1.82) is 0 Å². The Bertz CT molecular complexity index is 349. The molecule has 1 aliphatic heterocycles. The van der Waals surface area contributed by atoms with E-state index in [9.17, 15) is 0 Å². The van der Waals surface area contributed by atoms with E-state index >= 15 is 0 Å². The number of nitrogens with one attached hydrogen (secondary N) is 1. The lowest BCUT2D eigenvalue weighted by Crippen LogP contribution is -2.37. The summed E-state index contributed by atoms with van der Waals surface area (Å²) in [5.74, 6) is 0.808. The van der Waals surface area contributed by atoms with E-state index in [-0.39, 0.29) is 0 Å². The van der Waals surface area contributed by atoms with Gasteiger partial charge in [0, 0.05) is 50.8 Å². The Hall–Kier alpha value is -1.20. The molecule has 0 aromatic carbocycles. The number of anilines is 1. The van der Waals surface area contributed by atoms with Gasteiger partial charge in [-0.3, -0.25) is 0 Å². The van der Waals surface area contributed by atoms with Crippen molar-refractivity contribution in [3.05, 3.63) is 18.0 Å². The zero-order valence-electron chi connectivity index (χ0n) is 11.2. The van der Waals surface area contributed by atoms with Crippen LogP contribution in [0.4, 0.5) is 5.95 Å². The smallest absolute Gasteiger partial charge is 0.225 e. The van der Waals surface area contributed by atoms with E-state index < -0.39 is 0 Å². The molecule has 0 radical (unpaired) electrons. The van der Waals surface area contributed by atoms with Crippen molar-refractivity contribution in [2.24, 2.45) is 0 Å². The summed E-state index contributed by atoms with van der Waals surface area (Å²) in [5.41, 5.74) is 1.13. The molecule has 0 amide bonds. The molecular weight excluding hydrogens is 228 g/mol. The lowest BCUT2D eigenvalue weighted by molar-refractivity contribution is 0.0852. The minimum absolute atomic E-state index is 0.498. The molecule has 0 aliphatic carbocycles. The zero-order chi connectivity index (χ0) is 12.8. The quantitative estimate of drug-likeness (QED) is 0.851. The monoisotopic (exact) mass is 250 g/mol. The summed E-state index contributed by atoms with van der Waals surface area (Å²) in [7, 11) is 2.06. The molecule has 100 valence electrons. The normalized spacial score (nSPS) is 16.8. The van der Waals surface area contributed by atoms with E-state index in [0.717, 1.165) is 50.7 Å². The van der Waals surface area contributed by atoms with Gasteiger partial charge in [-0.2, -0.15) is 0 Å². The molecular formula is C13H22N4O. The van der Waals surface area contributed by atoms with Crippen LogP contribution in [0.15, 0.2) is 12.4 Å². The molecule has 1 saturated heterocycles. The summed E-state index contributed by atoms with van der Waals surface area (Å²) in [4.78, 5) is 11.0. The van der Waals surface area contributed by atoms with Crippen LogP contribution in [0.2, 0.25) is 0 Å². The fourth-order valence-corrected chi connectivity index (χ4v) is 2.13. The first-order chi connectivity index (χ1) is 8.81. The first-order valence-corrected chi connectivity index (χ1v) is 6.63. The average molecular weight is 250 g/mol. The minimum Gasteiger partial charge on any atom is -0.381 e. The van der Waals surface area contributed by atoms with Crippen LogP contribution in [0.3, 0.4) is 0 Å². The SMILES string of the molecule is CCNCc1cnc(N(C)C2CCOCC2)nc1. The number of nitrogens with zero attached hydrogens (tertiary/aromatic N) is 3. The molecule has 0 bridgehead atoms. The summed E-state index contributed by atoms with van der Waals surface area (Å²) in [5, 5.41) is 3.27. The summed E-state index contributed by atoms with van der Waals surface area (Å²) >= 11 is 0. The maximum absolute atomic E-state index is 5.37. The summed E-state index contributed by atoms with van der Waals surface area (Å²) in [6, 6.07) is 0.498. The van der Waals surface area contributed by atoms with Crippen LogP contribution in [0, 0.1) is 0 Å². The molecule has 2 rings (SSSR count). The second-order valence-electron chi connectivity index (χ2n) is 4.63. The number of rotatable bonds is 5. The summed E-state index contributed by atoms with van der Waals surface area (Å²) in [6.07, 6.45) is 5.92. The van der Waals surface area contributed by atoms with Gasteiger partial charge in [-0.25, -0.2) is 9.97 Å². The zero-order valence-corrected chi connectivity index (χ0v) is 11.2. The number of aromatic nitrogens is 2. The summed E-state index contributed by atoms with van der Waals surface area (Å²) in [6.45, 7) is 5.57. The molecule has 0 spiro atoms. The van der Waals surface area contributed by atoms with Gasteiger partial charge in [0.2, 0.25) is 5.95 Å². The van der Waals surface area contributed by atoms with E-state index in [4.69, 9.17) is 4.74 Å². The fraction of sp³-hybridized carbons (Fsp3) is 0.692. The maximum Gasteiger partial charge on any atom is 0.225 e. The molecule has 0 atom stereocenters. The van der Waals surface area contributed by atoms with Crippen molar-refractivity contribution in [3.8, 4) is 0 Å². The van der Waals surface area contributed by atoms with Crippen LogP contribution in [0.1, 0.15) is 25.3 Å². The maximum atomic E-state index is 5.37. The Morgan fingerprint density at radius 2 is 2.00 bits per heavy atom. The standard InChI is InChI=1S/C13H22N4O/c1-3-14-8-11-9-15-13(16-10-11)17(2)12-4-6-18-7-5-12/h9-10,12,14H,3-8H2,1-2H3. The third kappa shape index (κ3) is 3.40. The highest BCUT2D eigenvalue weighted by Gasteiger charge is 2.20. The Morgan fingerprint density at radius 3 is 2.61 bits per heavy atom. The number of hydrogen-bond donors (Lipinski definition) is 1. The molecule has 2 heterocycles. The Morgan fingerprint density at radius 1 is 1.33 bits per heavy atom. The molecule has 5 heteroatoms. The van der Waals surface area contributed by atoms with Gasteiger partial charge in [0.15, 0.2) is 0 Å². The number of hydrogen-bond acceptors (Lipinski definition) is 5. The van der Waals surface area contributed by atoms with Gasteiger partial charge in [-0.1, -0.05) is 6.92 Å². The Kier molecular flexibility index (Phi) is 4.90. The van der Waals surface area contributed by atoms with Crippen LogP contribution in [-0.4, -0.2) is 42.8 Å². The highest BCUT2D eigenvalue weighted by molar-refractivity contribution is 5.30. The van der Waals surface area contributed by atoms with Gasteiger partial charge in [0.25, 0.3) is 0 Å². The molecule has 1 aromatic rings. The Labute approximate surface area is 109 Å². The molecule has 1 N–H and O–H groups in total. The second kappa shape index (κ2) is 6.66. The van der Waals surface area contributed by atoms with Crippen LogP contribution in [0.5, 0.6) is 0 Å². The van der Waals surface area contributed by atoms with Crippen molar-refractivity contribution in [1.82, 2.24) is 15.3 Å². The van der Waals surface area contributed by atoms with Crippen LogP contribution in [-0.2, 0) is 11.3 Å². The van der Waals surface area contributed by atoms with Crippen molar-refractivity contribution in [2.75, 3.05) is 31.7 Å². The molecule has 5 nitrogen and oxygen atoms in total. The van der Waals surface area contributed by atoms with Crippen LogP contribution >= 0.6 is 0 Å². The van der Waals surface area contributed by atoms with E-state index in [1.165, 1.54) is 0 Å². The fourth-order valence-electron chi connectivity index (χ4n) is 2.13. The van der Waals surface area contributed by atoms with Crippen LogP contribution < -0.4 is 10.2 Å². The van der Waals surface area contributed by atoms with Crippen molar-refractivity contribution in [2.45, 2.75) is 32.4 Å². The van der Waals surface area contributed by atoms with Crippen molar-refractivity contribution in [3.63, 3.8) is 0 Å². The topological polar surface area (TPSA) is 50.3 Å². The molecule has 0 unspecified atom stereocenters. The first kappa shape index (κ1) is 13.2. The predicted octanol–water partition coefficient (Wildman–Crippen LogP) is 1.20. The third-order valence-electron chi connectivity index (χ3n) is 3.32. The van der Waals surface area contributed by atoms with E-state index in [1.54, 1.807) is 0 Å². The van der Waals surface area contributed by atoms with Gasteiger partial charge in [0.05, 0.1) is 0 Å². The van der Waals surface area contributed by atoms with Gasteiger partial charge in [-0.05, 0) is 19.4 Å². The lowest BCUT2D eigenvalue weighted by atomic mass is 10.1. The second-order valence-corrected chi connectivity index (χ2v) is 4.63. The van der Waals surface area contributed by atoms with Gasteiger partial charge in [0.1, 0.15) is 0 Å². The molecule has 0 saturated carbocycles. The van der Waals surface area contributed by atoms with Crippen molar-refractivity contribution >= 4 is 5.95 Å². The third-order valence-corrected chi connectivity index (χ3v) is 3.32. The van der Waals surface area contributed by atoms with E-state index in [2.05, 4.69) is 34.2 Å². The van der Waals surface area contributed by atoms with Crippen molar-refractivity contribution < 1.29 is 4.74 Å². The first-order valence-electron chi connectivity index (χ1n) is 6.63. The van der Waals surface area contributed by atoms with Crippen LogP contribution in [0.25, 0.3) is 0 Å². The largest absolute Gasteiger partial charge is 0.381 e. The average Bonchev–Trinajstić information content (AvgIpc) is 2.46. The van der Waals surface area contributed by atoms with Gasteiger partial charge < -0.3 is 15.0 Å². The number of ether oxygens (including phenoxy) is 1. The lowest BCUT2D eigenvalue weighted by Gasteiger charge is -2.31. The minimum atomic E-state index is 0.498. The molecule has 1 fully saturated rings. The highest BCUT2D eigenvalue weighted by Crippen LogP contribution is 2.17. The predicted molar refractivity (Wildman–Crippen MR) is 71.7 cm³/mol. The molecule has 1 aliphatic rings. The molecule has 1 aromatic heterocycles. The van der Waals surface area contributed by atoms with E-state index in [0.29, 0.717) is 6.04 Å². The highest BCUT2D eigenvalue weighted by atomic mass is 16.5. The molecule has 18 heavy (non-hydrogen) atoms. The van der Waals surface area contributed by atoms with E-state index in [1.807, 2.05) is 12.4 Å². The Balaban J connectivity index is 1.95.